The van der Waals surface area contributed by atoms with E-state index in [4.69, 9.17) is 9.47 Å². The van der Waals surface area contributed by atoms with Crippen LogP contribution in [-0.4, -0.2) is 105 Å². The molecular formula is C24H33N5O6. The van der Waals surface area contributed by atoms with Crippen LogP contribution in [0.1, 0.15) is 29.6 Å². The van der Waals surface area contributed by atoms with Crippen LogP contribution in [0.4, 0.5) is 0 Å². The van der Waals surface area contributed by atoms with E-state index in [-0.39, 0.29) is 37.0 Å². The van der Waals surface area contributed by atoms with Crippen LogP contribution in [0.2, 0.25) is 0 Å². The summed E-state index contributed by atoms with van der Waals surface area (Å²) >= 11 is 0. The van der Waals surface area contributed by atoms with Gasteiger partial charge in [0.25, 0.3) is 5.91 Å². The molecule has 4 amide bonds. The predicted octanol–water partition coefficient (Wildman–Crippen LogP) is -0.877. The van der Waals surface area contributed by atoms with E-state index >= 15 is 0 Å². The Balaban J connectivity index is 1.50. The number of nitrogens with one attached hydrogen (secondary N) is 3. The number of carbonyl (C=O) groups excluding carboxylic acids is 4. The van der Waals surface area contributed by atoms with E-state index in [2.05, 4.69) is 20.9 Å². The fourth-order valence-corrected chi connectivity index (χ4v) is 4.59. The van der Waals surface area contributed by atoms with Crippen molar-refractivity contribution >= 4 is 23.6 Å². The molecule has 3 aliphatic rings. The Morgan fingerprint density at radius 2 is 1.89 bits per heavy atom. The summed E-state index contributed by atoms with van der Waals surface area (Å²) in [6.45, 7) is 4.80. The van der Waals surface area contributed by atoms with Gasteiger partial charge in [-0.15, -0.1) is 0 Å². The average molecular weight is 488 g/mol. The van der Waals surface area contributed by atoms with E-state index in [9.17, 15) is 19.2 Å². The highest BCUT2D eigenvalue weighted by Gasteiger charge is 2.36. The zero-order valence-corrected chi connectivity index (χ0v) is 19.8. The lowest BCUT2D eigenvalue weighted by atomic mass is 10.1. The summed E-state index contributed by atoms with van der Waals surface area (Å²) in [7, 11) is 0. The van der Waals surface area contributed by atoms with Crippen LogP contribution in [0.15, 0.2) is 24.3 Å². The number of benzene rings is 1. The van der Waals surface area contributed by atoms with E-state index in [0.29, 0.717) is 51.4 Å². The molecular weight excluding hydrogens is 454 g/mol. The summed E-state index contributed by atoms with van der Waals surface area (Å²) in [6.07, 6.45) is 1.03. The largest absolute Gasteiger partial charge is 0.491 e. The summed E-state index contributed by atoms with van der Waals surface area (Å²) in [5.41, 5.74) is 0.258. The highest BCUT2D eigenvalue weighted by molar-refractivity contribution is 6.01. The molecule has 11 nitrogen and oxygen atoms in total. The molecule has 1 aromatic rings. The maximum atomic E-state index is 13.2. The monoisotopic (exact) mass is 487 g/mol. The van der Waals surface area contributed by atoms with Crippen LogP contribution < -0.4 is 20.7 Å². The molecule has 3 heterocycles. The number of fused-ring (bicyclic) bond motifs is 2. The third kappa shape index (κ3) is 6.49. The number of carbonyl (C=O) groups is 4. The molecule has 0 spiro atoms. The Hall–Kier alpha value is -3.18. The maximum Gasteiger partial charge on any atom is 0.255 e. The van der Waals surface area contributed by atoms with Gasteiger partial charge in [-0.3, -0.25) is 24.1 Å². The van der Waals surface area contributed by atoms with E-state index < -0.39 is 23.9 Å². The minimum absolute atomic E-state index is 0.169. The second-order valence-electron chi connectivity index (χ2n) is 8.86. The van der Waals surface area contributed by atoms with Crippen molar-refractivity contribution in [3.63, 3.8) is 0 Å². The van der Waals surface area contributed by atoms with Crippen molar-refractivity contribution < 1.29 is 28.7 Å². The van der Waals surface area contributed by atoms with Crippen molar-refractivity contribution in [2.24, 2.45) is 0 Å². The molecule has 190 valence electrons. The third-order valence-corrected chi connectivity index (χ3v) is 6.50. The van der Waals surface area contributed by atoms with Crippen LogP contribution in [0, 0.1) is 0 Å². The van der Waals surface area contributed by atoms with Crippen molar-refractivity contribution in [3.8, 4) is 5.75 Å². The first-order valence-electron chi connectivity index (χ1n) is 12.2. The van der Waals surface area contributed by atoms with Gasteiger partial charge in [-0.2, -0.15) is 0 Å². The normalized spacial score (nSPS) is 24.3. The lowest BCUT2D eigenvalue weighted by Crippen LogP contribution is -2.53. The summed E-state index contributed by atoms with van der Waals surface area (Å²) in [6, 6.07) is 5.02. The Kier molecular flexibility index (Phi) is 8.54. The molecule has 35 heavy (non-hydrogen) atoms. The molecule has 2 saturated heterocycles. The zero-order valence-electron chi connectivity index (χ0n) is 19.8. The van der Waals surface area contributed by atoms with E-state index in [1.54, 1.807) is 24.3 Å². The van der Waals surface area contributed by atoms with Crippen molar-refractivity contribution in [1.29, 1.82) is 0 Å². The summed E-state index contributed by atoms with van der Waals surface area (Å²) in [4.78, 5) is 55.8. The van der Waals surface area contributed by atoms with E-state index in [0.717, 1.165) is 13.1 Å². The van der Waals surface area contributed by atoms with Crippen molar-refractivity contribution in [1.82, 2.24) is 25.8 Å². The Morgan fingerprint density at radius 1 is 1.09 bits per heavy atom. The van der Waals surface area contributed by atoms with Crippen LogP contribution in [0.5, 0.6) is 5.75 Å². The number of rotatable bonds is 4. The zero-order chi connectivity index (χ0) is 24.6. The van der Waals surface area contributed by atoms with E-state index in [1.165, 1.54) is 4.90 Å². The first kappa shape index (κ1) is 24.9. The van der Waals surface area contributed by atoms with Crippen molar-refractivity contribution in [2.45, 2.75) is 31.3 Å². The fraction of sp³-hybridized carbons (Fsp3) is 0.583. The standard InChI is InChI=1S/C24H33N5O6/c30-21-16-18(23(32)25-7-10-28-11-14-34-15-12-28)27-22(31)17-4-1-2-6-20(17)35-13-8-26-24(33)19-5-3-9-29(19)21/h1-2,4,6,18-19H,3,5,7-16H2,(H,25,32)(H,26,33)(H,27,31)/t18-,19-/m0/s1. The van der Waals surface area contributed by atoms with Gasteiger partial charge in [-0.25, -0.2) is 0 Å². The molecule has 3 aliphatic heterocycles. The Morgan fingerprint density at radius 3 is 2.71 bits per heavy atom. The number of morpholine rings is 1. The summed E-state index contributed by atoms with van der Waals surface area (Å²) < 4.78 is 11.1. The number of nitrogens with zero attached hydrogens (tertiary/aromatic N) is 2. The number of hydrogen-bond acceptors (Lipinski definition) is 7. The molecule has 2 atom stereocenters. The van der Waals surface area contributed by atoms with Crippen LogP contribution in [0.3, 0.4) is 0 Å². The van der Waals surface area contributed by atoms with Crippen molar-refractivity contribution in [3.05, 3.63) is 29.8 Å². The minimum Gasteiger partial charge on any atom is -0.491 e. The molecule has 11 heteroatoms. The smallest absolute Gasteiger partial charge is 0.255 e. The lowest BCUT2D eigenvalue weighted by molar-refractivity contribution is -0.140. The Bertz CT molecular complexity index is 935. The van der Waals surface area contributed by atoms with Crippen LogP contribution >= 0.6 is 0 Å². The quantitative estimate of drug-likeness (QED) is 0.503. The maximum absolute atomic E-state index is 13.2. The molecule has 3 N–H and O–H groups in total. The molecule has 0 unspecified atom stereocenters. The molecule has 1 aromatic carbocycles. The van der Waals surface area contributed by atoms with Gasteiger partial charge in [0.1, 0.15) is 24.4 Å². The molecule has 0 bridgehead atoms. The molecule has 4 rings (SSSR count). The van der Waals surface area contributed by atoms with Gasteiger partial charge in [0.05, 0.1) is 31.7 Å². The Labute approximate surface area is 204 Å². The van der Waals surface area contributed by atoms with Gasteiger partial charge in [0.15, 0.2) is 0 Å². The number of amides is 4. The van der Waals surface area contributed by atoms with Gasteiger partial charge in [-0.05, 0) is 25.0 Å². The lowest BCUT2D eigenvalue weighted by Gasteiger charge is -2.28. The first-order chi connectivity index (χ1) is 17.0. The second-order valence-corrected chi connectivity index (χ2v) is 8.86. The van der Waals surface area contributed by atoms with Gasteiger partial charge in [-0.1, -0.05) is 12.1 Å². The number of ether oxygens (including phenoxy) is 2. The highest BCUT2D eigenvalue weighted by atomic mass is 16.5. The summed E-state index contributed by atoms with van der Waals surface area (Å²) in [5, 5.41) is 8.39. The highest BCUT2D eigenvalue weighted by Crippen LogP contribution is 2.21. The average Bonchev–Trinajstić information content (AvgIpc) is 3.37. The van der Waals surface area contributed by atoms with Gasteiger partial charge in [0, 0.05) is 32.7 Å². The van der Waals surface area contributed by atoms with Gasteiger partial charge >= 0.3 is 0 Å². The topological polar surface area (TPSA) is 129 Å². The van der Waals surface area contributed by atoms with Gasteiger partial charge < -0.3 is 30.3 Å². The van der Waals surface area contributed by atoms with Gasteiger partial charge in [0.2, 0.25) is 17.7 Å². The second kappa shape index (κ2) is 12.0. The molecule has 2 fully saturated rings. The minimum atomic E-state index is -1.08. The molecule has 0 aliphatic carbocycles. The molecule has 0 saturated carbocycles. The van der Waals surface area contributed by atoms with Crippen LogP contribution in [0.25, 0.3) is 0 Å². The SMILES string of the molecule is O=C1N[C@H](C(=O)NCCN2CCOCC2)CC(=O)N2CCC[C@H]2C(=O)NCCOc2ccccc21. The predicted molar refractivity (Wildman–Crippen MR) is 126 cm³/mol. The van der Waals surface area contributed by atoms with Crippen molar-refractivity contribution in [2.75, 3.05) is 59.1 Å². The molecule has 0 radical (unpaired) electrons. The first-order valence-corrected chi connectivity index (χ1v) is 12.2. The molecule has 0 aromatic heterocycles. The number of para-hydroxylation sites is 1. The van der Waals surface area contributed by atoms with E-state index in [1.807, 2.05) is 0 Å². The summed E-state index contributed by atoms with van der Waals surface area (Å²) in [5.74, 6) is -1.17. The fourth-order valence-electron chi connectivity index (χ4n) is 4.59. The van der Waals surface area contributed by atoms with Crippen LogP contribution in [-0.2, 0) is 19.1 Å². The third-order valence-electron chi connectivity index (χ3n) is 6.50. The number of hydrogen-bond donors (Lipinski definition) is 3.